The second-order valence-electron chi connectivity index (χ2n) is 25.4. The number of benzene rings is 3. The number of hydrogen-bond donors (Lipinski definition) is 3. The Kier molecular flexibility index (Phi) is 55.3. The zero-order chi connectivity index (χ0) is 72.8. The van der Waals surface area contributed by atoms with Crippen LogP contribution in [0.2, 0.25) is 0 Å². The van der Waals surface area contributed by atoms with E-state index in [1.54, 1.807) is 65.8 Å². The zero-order valence-corrected chi connectivity index (χ0v) is 71.2. The van der Waals surface area contributed by atoms with Gasteiger partial charge in [0.2, 0.25) is 14.8 Å². The first-order valence-corrected chi connectivity index (χ1v) is 41.2. The molecule has 0 saturated carbocycles. The van der Waals surface area contributed by atoms with Gasteiger partial charge in [-0.05, 0) is 185 Å². The predicted molar refractivity (Wildman–Crippen MR) is 400 cm³/mol. The van der Waals surface area contributed by atoms with Crippen molar-refractivity contribution >= 4 is 95.7 Å². The largest absolute Gasteiger partial charge is 1.00 e. The maximum atomic E-state index is 12.4. The number of hydrogen-bond acceptors (Lipinski definition) is 12. The summed E-state index contributed by atoms with van der Waals surface area (Å²) >= 11 is 3.21. The van der Waals surface area contributed by atoms with Gasteiger partial charge in [-0.2, -0.15) is 0 Å². The standard InChI is InChI=1S/C36H42O2P.C18H27BrO2.C11H21BrO2.C8H12O2.C8H8O2.BrO3.BrH.K/c1-29-30(2)36(38)31(28-35(29)37)20-12-7-5-3-4-6-8-19-27-39(32-21-13-9-14-22-32,33-23-15-10-16-24-33)34-25-17-11-18-26-34;1-14-15(2)18(21)16(13-17(14)20)11-9-7-5-3-4-6-8-10-12-19;12-10-8-6-4-2-1-3-5-7-9-11(13)14;2*1-5-6(2)8(10)4-3-7(5)9;2-1(3)4;;/h9-11,13-18,21-26,28H,3-8,12,19-20,27H2,1-2H3;13H,3-12H2,1-2H3;1-10H2,(H,13,14);3-4,7-10H,1-2H3;3-4H,1-2H3;;1H;/q+1;;;;;-1;;+1/p-1. The van der Waals surface area contributed by atoms with Gasteiger partial charge in [0.1, 0.15) is 23.2 Å². The minimum Gasteiger partial charge on any atom is -1.00 e. The summed E-state index contributed by atoms with van der Waals surface area (Å²) in [5.41, 5.74) is 6.70. The molecule has 4 aliphatic carbocycles. The number of carbonyl (C=O) groups is 7. The van der Waals surface area contributed by atoms with E-state index >= 15 is 0 Å². The molecule has 3 N–H and O–H groups in total. The van der Waals surface area contributed by atoms with Crippen molar-refractivity contribution in [1.29, 1.82) is 0 Å². The van der Waals surface area contributed by atoms with Gasteiger partial charge in [-0.25, -0.2) is 0 Å². The zero-order valence-electron chi connectivity index (χ0n) is 60.9. The molecule has 3 aromatic carbocycles. The number of aliphatic hydroxyl groups excluding tert-OH is 2. The number of rotatable bonds is 34. The molecule has 2 atom stereocenters. The van der Waals surface area contributed by atoms with Crippen LogP contribution in [0.15, 0.2) is 183 Å². The maximum Gasteiger partial charge on any atom is 1.00 e. The number of ketones is 6. The second-order valence-corrected chi connectivity index (χ2v) is 31.4. The number of unbranched alkanes of at least 4 members (excludes halogenated alkanes) is 21. The van der Waals surface area contributed by atoms with Gasteiger partial charge in [0.05, 0.1) is 18.4 Å². The number of carbonyl (C=O) groups excluding carboxylic acids is 6. The molecule has 19 heteroatoms. The van der Waals surface area contributed by atoms with E-state index in [1.165, 1.54) is 150 Å². The Hall–Kier alpha value is -3.14. The Balaban J connectivity index is 0.00000135. The third-order valence-electron chi connectivity index (χ3n) is 18.3. The molecule has 0 heterocycles. The summed E-state index contributed by atoms with van der Waals surface area (Å²) in [6.07, 6.45) is 40.0. The number of carboxylic acids is 1. The smallest absolute Gasteiger partial charge is 1.00 e. The van der Waals surface area contributed by atoms with Crippen LogP contribution in [0.25, 0.3) is 0 Å². The third kappa shape index (κ3) is 37.7. The van der Waals surface area contributed by atoms with Crippen LogP contribution < -0.4 is 96.9 Å². The van der Waals surface area contributed by atoms with Crippen LogP contribution in [0.3, 0.4) is 0 Å². The fourth-order valence-electron chi connectivity index (χ4n) is 11.5. The van der Waals surface area contributed by atoms with Gasteiger partial charge in [-0.3, -0.25) is 33.6 Å². The maximum absolute atomic E-state index is 12.4. The first-order chi connectivity index (χ1) is 46.9. The van der Waals surface area contributed by atoms with E-state index in [9.17, 15) is 43.8 Å². The second kappa shape index (κ2) is 57.1. The molecule has 546 valence electrons. The number of aliphatic carboxylic acids is 1. The van der Waals surface area contributed by atoms with Crippen molar-refractivity contribution < 1.29 is 145 Å². The Labute approximate surface area is 674 Å². The number of alkyl halides is 2. The van der Waals surface area contributed by atoms with Crippen molar-refractivity contribution in [2.24, 2.45) is 0 Å². The van der Waals surface area contributed by atoms with Gasteiger partial charge in [-0.15, -0.1) is 0 Å². The SMILES string of the molecule is CC1=C(C)C(=O)C(CCCCCCCCCCBr)=CC1=O.CC1=C(C)C(=O)C(CCCCCCCCCC[P+](c2ccccc2)(c2ccccc2)c2ccccc2)=CC1=O.CC1=C(C)C(=O)C=CC1=O.CC1=C(C)C(O)C=CC1O.O=C(O)CCCCCCCCCCBr.[Br-].[K+].[O-][Br+2]([O-])[O-]. The monoisotopic (exact) mass is 1680 g/mol. The van der Waals surface area contributed by atoms with Gasteiger partial charge in [0.15, 0.2) is 34.7 Å². The summed E-state index contributed by atoms with van der Waals surface area (Å²) in [5, 5.41) is 33.5. The summed E-state index contributed by atoms with van der Waals surface area (Å²) in [7, 11) is -1.72. The summed E-state index contributed by atoms with van der Waals surface area (Å²) in [4.78, 5) is 80.2. The summed E-state index contributed by atoms with van der Waals surface area (Å²) in [6.45, 7) is 14.0. The number of halogens is 4. The Morgan fingerprint density at radius 1 is 0.410 bits per heavy atom. The molecule has 7 rings (SSSR count). The molecule has 0 radical (unpaired) electrons. The van der Waals surface area contributed by atoms with E-state index in [0.29, 0.717) is 51.0 Å². The molecular weight excluding hydrogens is 1570 g/mol. The van der Waals surface area contributed by atoms with Crippen LogP contribution in [0, 0.1) is 14.8 Å². The molecule has 0 spiro atoms. The average molecular weight is 1680 g/mol. The fourth-order valence-corrected chi connectivity index (χ4v) is 16.7. The minimum atomic E-state index is -3.65. The van der Waals surface area contributed by atoms with E-state index < -0.39 is 40.3 Å². The van der Waals surface area contributed by atoms with Gasteiger partial charge in [0.25, 0.3) is 0 Å². The number of allylic oxidation sites excluding steroid dienone is 12. The van der Waals surface area contributed by atoms with Crippen LogP contribution in [-0.2, 0) is 33.6 Å². The van der Waals surface area contributed by atoms with Crippen molar-refractivity contribution in [2.75, 3.05) is 16.8 Å². The van der Waals surface area contributed by atoms with Crippen molar-refractivity contribution in [3.63, 3.8) is 0 Å². The van der Waals surface area contributed by atoms with Crippen molar-refractivity contribution in [1.82, 2.24) is 0 Å². The van der Waals surface area contributed by atoms with E-state index in [-0.39, 0.29) is 103 Å². The topological polar surface area (TPSA) is 249 Å². The molecule has 3 aromatic rings. The number of carboxylic acid groups (broad SMARTS) is 1. The van der Waals surface area contributed by atoms with E-state index in [1.807, 2.05) is 13.8 Å². The number of Topliss-reactive ketones (excluding diaryl/α,β-unsaturated/α-hetero) is 2. The van der Waals surface area contributed by atoms with Crippen LogP contribution in [-0.4, -0.2) is 85.0 Å². The Morgan fingerprint density at radius 2 is 0.670 bits per heavy atom. The van der Waals surface area contributed by atoms with Crippen LogP contribution >= 0.6 is 39.1 Å². The minimum absolute atomic E-state index is 0. The molecular formula is C81H110Br4KO13P. The van der Waals surface area contributed by atoms with Crippen molar-refractivity contribution in [3.05, 3.63) is 183 Å². The molecule has 13 nitrogen and oxygen atoms in total. The molecule has 0 bridgehead atoms. The van der Waals surface area contributed by atoms with Gasteiger partial charge < -0.3 is 44.9 Å². The van der Waals surface area contributed by atoms with Crippen LogP contribution in [0.4, 0.5) is 0 Å². The van der Waals surface area contributed by atoms with Crippen molar-refractivity contribution in [3.8, 4) is 0 Å². The first-order valence-electron chi connectivity index (χ1n) is 35.1. The molecule has 0 aromatic heterocycles. The van der Waals surface area contributed by atoms with E-state index in [4.69, 9.17) is 17.7 Å². The molecule has 0 aliphatic heterocycles. The van der Waals surface area contributed by atoms with E-state index in [2.05, 4.69) is 123 Å². The van der Waals surface area contributed by atoms with Gasteiger partial charge in [-0.1, -0.05) is 208 Å². The number of aliphatic hydroxyl groups is 2. The fraction of sp³-hybridized carbons (Fsp3) is 0.494. The molecule has 4 aliphatic rings. The predicted octanol–water partition coefficient (Wildman–Crippen LogP) is 9.28. The van der Waals surface area contributed by atoms with Crippen LogP contribution in [0.1, 0.15) is 229 Å². The average Bonchev–Trinajstić information content (AvgIpc) is 0.761. The first kappa shape index (κ1) is 96.9. The van der Waals surface area contributed by atoms with Crippen LogP contribution in [0.5, 0.6) is 0 Å². The summed E-state index contributed by atoms with van der Waals surface area (Å²) in [5.74, 6) is -0.639. The molecule has 0 fully saturated rings. The summed E-state index contributed by atoms with van der Waals surface area (Å²) < 4.78 is 25.6. The normalized spacial score (nSPS) is 15.8. The molecule has 100 heavy (non-hydrogen) atoms. The van der Waals surface area contributed by atoms with Gasteiger partial charge in [0, 0.05) is 61.7 Å². The Bertz CT molecular complexity index is 3080. The molecule has 2 unspecified atom stereocenters. The Morgan fingerprint density at radius 3 is 0.960 bits per heavy atom. The van der Waals surface area contributed by atoms with Crippen molar-refractivity contribution in [2.45, 2.75) is 241 Å². The molecule has 0 amide bonds. The quantitative estimate of drug-likeness (QED) is 0.0126. The summed E-state index contributed by atoms with van der Waals surface area (Å²) in [6, 6.07) is 33.5. The van der Waals surface area contributed by atoms with E-state index in [0.717, 1.165) is 73.2 Å². The van der Waals surface area contributed by atoms with Gasteiger partial charge >= 0.3 is 57.4 Å². The molecule has 0 saturated heterocycles. The third-order valence-corrected chi connectivity index (χ3v) is 23.9.